The molecule has 2 nitrogen and oxygen atoms in total. The molecule has 0 spiro atoms. The molecular weight excluding hydrogens is 679 g/mol. The molecule has 2 heteroatoms. The van der Waals surface area contributed by atoms with Gasteiger partial charge in [0.2, 0.25) is 0 Å². The standard InChI is InChI=1S/C54H37NO/c1-4-12-38(13-5-1)41-20-22-42(23-21-41)43-24-28-48(29-25-43)55(50-32-33-52-51-18-10-11-19-53(51)56-54(52)37-50)49-30-26-44(27-31-49)47-35-45(39-14-6-2-7-15-39)34-46(36-47)40-16-8-3-9-17-40/h1-37H. The van der Waals surface area contributed by atoms with E-state index in [1.807, 2.05) is 12.1 Å². The summed E-state index contributed by atoms with van der Waals surface area (Å²) >= 11 is 0. The van der Waals surface area contributed by atoms with E-state index in [1.54, 1.807) is 0 Å². The fourth-order valence-electron chi connectivity index (χ4n) is 7.78. The minimum Gasteiger partial charge on any atom is -0.456 e. The van der Waals surface area contributed by atoms with Crippen molar-refractivity contribution >= 4 is 39.0 Å². The highest BCUT2D eigenvalue weighted by molar-refractivity contribution is 6.06. The number of para-hydroxylation sites is 1. The first-order valence-electron chi connectivity index (χ1n) is 19.1. The lowest BCUT2D eigenvalue weighted by atomic mass is 9.93. The fourth-order valence-corrected chi connectivity index (χ4v) is 7.78. The third-order valence-corrected chi connectivity index (χ3v) is 10.7. The summed E-state index contributed by atoms with van der Waals surface area (Å²) in [6, 6.07) is 80.1. The third-order valence-electron chi connectivity index (χ3n) is 10.7. The van der Waals surface area contributed by atoms with Gasteiger partial charge < -0.3 is 9.32 Å². The normalized spacial score (nSPS) is 11.2. The molecule has 0 aliphatic carbocycles. The monoisotopic (exact) mass is 715 g/mol. The van der Waals surface area contributed by atoms with Crippen molar-refractivity contribution in [3.8, 4) is 55.6 Å². The molecule has 264 valence electrons. The van der Waals surface area contributed by atoms with Crippen LogP contribution in [0.15, 0.2) is 229 Å². The maximum atomic E-state index is 6.38. The van der Waals surface area contributed by atoms with E-state index < -0.39 is 0 Å². The smallest absolute Gasteiger partial charge is 0.137 e. The molecule has 0 saturated carbocycles. The Bertz CT molecular complexity index is 2850. The summed E-state index contributed by atoms with van der Waals surface area (Å²) in [6.45, 7) is 0. The first kappa shape index (κ1) is 33.2. The van der Waals surface area contributed by atoms with E-state index in [-0.39, 0.29) is 0 Å². The molecular formula is C54H37NO. The number of hydrogen-bond donors (Lipinski definition) is 0. The lowest BCUT2D eigenvalue weighted by Gasteiger charge is -2.26. The number of furan rings is 1. The van der Waals surface area contributed by atoms with Crippen molar-refractivity contribution in [3.63, 3.8) is 0 Å². The Labute approximate surface area is 327 Å². The van der Waals surface area contributed by atoms with Crippen LogP contribution in [0.1, 0.15) is 0 Å². The van der Waals surface area contributed by atoms with Gasteiger partial charge in [0.1, 0.15) is 11.2 Å². The maximum Gasteiger partial charge on any atom is 0.137 e. The summed E-state index contributed by atoms with van der Waals surface area (Å²) in [4.78, 5) is 2.31. The van der Waals surface area contributed by atoms with E-state index in [9.17, 15) is 0 Å². The SMILES string of the molecule is c1ccc(-c2ccc(-c3ccc(N(c4ccc(-c5cc(-c6ccccc6)cc(-c6ccccc6)c5)cc4)c4ccc5c(c4)oc4ccccc45)cc3)cc2)cc1. The molecule has 0 N–H and O–H groups in total. The Hall–Kier alpha value is -7.42. The Balaban J connectivity index is 1.04. The second-order valence-corrected chi connectivity index (χ2v) is 14.2. The van der Waals surface area contributed by atoms with Crippen LogP contribution in [0, 0.1) is 0 Å². The first-order chi connectivity index (χ1) is 27.7. The Morgan fingerprint density at radius 3 is 1.05 bits per heavy atom. The van der Waals surface area contributed by atoms with Crippen LogP contribution < -0.4 is 4.90 Å². The van der Waals surface area contributed by atoms with Crippen molar-refractivity contribution in [2.75, 3.05) is 4.90 Å². The Morgan fingerprint density at radius 1 is 0.232 bits per heavy atom. The Kier molecular flexibility index (Phi) is 8.55. The van der Waals surface area contributed by atoms with Crippen molar-refractivity contribution in [2.24, 2.45) is 0 Å². The summed E-state index contributed by atoms with van der Waals surface area (Å²) in [5.41, 5.74) is 16.8. The zero-order valence-corrected chi connectivity index (χ0v) is 30.7. The third kappa shape index (κ3) is 6.44. The van der Waals surface area contributed by atoms with Crippen LogP contribution in [-0.4, -0.2) is 0 Å². The molecule has 0 atom stereocenters. The number of fused-ring (bicyclic) bond motifs is 3. The Morgan fingerprint density at radius 2 is 0.571 bits per heavy atom. The van der Waals surface area contributed by atoms with Gasteiger partial charge >= 0.3 is 0 Å². The topological polar surface area (TPSA) is 16.4 Å². The van der Waals surface area contributed by atoms with Crippen LogP contribution in [-0.2, 0) is 0 Å². The summed E-state index contributed by atoms with van der Waals surface area (Å²) in [7, 11) is 0. The second-order valence-electron chi connectivity index (χ2n) is 14.2. The molecule has 0 aliphatic rings. The average molecular weight is 716 g/mol. The van der Waals surface area contributed by atoms with E-state index in [1.165, 1.54) is 50.1 Å². The van der Waals surface area contributed by atoms with Gasteiger partial charge in [-0.15, -0.1) is 0 Å². The van der Waals surface area contributed by atoms with Crippen LogP contribution in [0.25, 0.3) is 77.6 Å². The highest BCUT2D eigenvalue weighted by atomic mass is 16.3. The van der Waals surface area contributed by atoms with Gasteiger partial charge in [0.25, 0.3) is 0 Å². The number of benzene rings is 9. The quantitative estimate of drug-likeness (QED) is 0.156. The highest BCUT2D eigenvalue weighted by Gasteiger charge is 2.17. The van der Waals surface area contributed by atoms with Crippen molar-refractivity contribution in [1.82, 2.24) is 0 Å². The zero-order valence-electron chi connectivity index (χ0n) is 30.7. The van der Waals surface area contributed by atoms with E-state index in [0.29, 0.717) is 0 Å². The van der Waals surface area contributed by atoms with Gasteiger partial charge in [-0.1, -0.05) is 158 Å². The van der Waals surface area contributed by atoms with E-state index in [4.69, 9.17) is 4.42 Å². The van der Waals surface area contributed by atoms with Gasteiger partial charge in [-0.25, -0.2) is 0 Å². The van der Waals surface area contributed by atoms with Crippen LogP contribution >= 0.6 is 0 Å². The molecule has 0 bridgehead atoms. The predicted octanol–water partition coefficient (Wildman–Crippen LogP) is 15.4. The largest absolute Gasteiger partial charge is 0.456 e. The molecule has 0 fully saturated rings. The van der Waals surface area contributed by atoms with Gasteiger partial charge in [-0.05, 0) is 116 Å². The number of hydrogen-bond acceptors (Lipinski definition) is 2. The molecule has 0 amide bonds. The molecule has 1 heterocycles. The zero-order chi connectivity index (χ0) is 37.3. The lowest BCUT2D eigenvalue weighted by molar-refractivity contribution is 0.669. The summed E-state index contributed by atoms with van der Waals surface area (Å²) in [5.74, 6) is 0. The van der Waals surface area contributed by atoms with E-state index in [0.717, 1.165) is 44.6 Å². The van der Waals surface area contributed by atoms with Crippen LogP contribution in [0.2, 0.25) is 0 Å². The molecule has 0 aliphatic heterocycles. The summed E-state index contributed by atoms with van der Waals surface area (Å²) in [6.07, 6.45) is 0. The predicted molar refractivity (Wildman–Crippen MR) is 236 cm³/mol. The molecule has 1 aromatic heterocycles. The molecule has 10 rings (SSSR count). The average Bonchev–Trinajstić information content (AvgIpc) is 3.66. The number of anilines is 3. The molecule has 0 unspecified atom stereocenters. The van der Waals surface area contributed by atoms with Crippen molar-refractivity contribution in [3.05, 3.63) is 224 Å². The van der Waals surface area contributed by atoms with Crippen molar-refractivity contribution in [1.29, 1.82) is 0 Å². The highest BCUT2D eigenvalue weighted by Crippen LogP contribution is 2.41. The van der Waals surface area contributed by atoms with Crippen LogP contribution in [0.3, 0.4) is 0 Å². The number of rotatable bonds is 8. The van der Waals surface area contributed by atoms with Crippen LogP contribution in [0.5, 0.6) is 0 Å². The van der Waals surface area contributed by atoms with Gasteiger partial charge in [-0.2, -0.15) is 0 Å². The van der Waals surface area contributed by atoms with Crippen molar-refractivity contribution < 1.29 is 4.42 Å². The first-order valence-corrected chi connectivity index (χ1v) is 19.1. The molecule has 56 heavy (non-hydrogen) atoms. The second kappa shape index (κ2) is 14.4. The van der Waals surface area contributed by atoms with Crippen molar-refractivity contribution in [2.45, 2.75) is 0 Å². The molecule has 0 radical (unpaired) electrons. The van der Waals surface area contributed by atoms with Gasteiger partial charge in [0.05, 0.1) is 0 Å². The maximum absolute atomic E-state index is 6.38. The van der Waals surface area contributed by atoms with E-state index in [2.05, 4.69) is 217 Å². The molecule has 0 saturated heterocycles. The molecule has 10 aromatic rings. The summed E-state index contributed by atoms with van der Waals surface area (Å²) < 4.78 is 6.38. The fraction of sp³-hybridized carbons (Fsp3) is 0. The minimum absolute atomic E-state index is 0.867. The van der Waals surface area contributed by atoms with Crippen LogP contribution in [0.4, 0.5) is 17.1 Å². The number of nitrogens with zero attached hydrogens (tertiary/aromatic N) is 1. The van der Waals surface area contributed by atoms with Gasteiger partial charge in [0.15, 0.2) is 0 Å². The van der Waals surface area contributed by atoms with Gasteiger partial charge in [0, 0.05) is 33.9 Å². The lowest BCUT2D eigenvalue weighted by Crippen LogP contribution is -2.09. The minimum atomic E-state index is 0.867. The molecule has 9 aromatic carbocycles. The summed E-state index contributed by atoms with van der Waals surface area (Å²) in [5, 5.41) is 2.24. The van der Waals surface area contributed by atoms with E-state index >= 15 is 0 Å². The van der Waals surface area contributed by atoms with Gasteiger partial charge in [-0.3, -0.25) is 0 Å².